The number of nitro groups is 1. The molecule has 94 valence electrons. The van der Waals surface area contributed by atoms with Gasteiger partial charge in [0, 0.05) is 11.8 Å². The fourth-order valence-electron chi connectivity index (χ4n) is 1.97. The first kappa shape index (κ1) is 11.3. The third kappa shape index (κ3) is 1.83. The number of benzene rings is 1. The second-order valence-electron chi connectivity index (χ2n) is 4.15. The van der Waals surface area contributed by atoms with Gasteiger partial charge in [0.15, 0.2) is 11.5 Å². The summed E-state index contributed by atoms with van der Waals surface area (Å²) < 4.78 is 1.67. The van der Waals surface area contributed by atoms with Crippen molar-refractivity contribution < 1.29 is 4.92 Å². The lowest BCUT2D eigenvalue weighted by atomic mass is 10.2. The molecular formula is C13H10N4O2. The van der Waals surface area contributed by atoms with Gasteiger partial charge in [-0.1, -0.05) is 18.2 Å². The molecule has 0 amide bonds. The van der Waals surface area contributed by atoms with E-state index in [-0.39, 0.29) is 5.69 Å². The van der Waals surface area contributed by atoms with E-state index < -0.39 is 4.92 Å². The molecule has 0 radical (unpaired) electrons. The lowest BCUT2D eigenvalue weighted by Gasteiger charge is -1.97. The van der Waals surface area contributed by atoms with Gasteiger partial charge in [-0.3, -0.25) is 10.1 Å². The highest BCUT2D eigenvalue weighted by molar-refractivity contribution is 5.69. The number of aromatic nitrogens is 3. The van der Waals surface area contributed by atoms with E-state index in [9.17, 15) is 10.1 Å². The predicted octanol–water partition coefficient (Wildman–Crippen LogP) is 2.61. The highest BCUT2D eigenvalue weighted by Crippen LogP contribution is 2.27. The van der Waals surface area contributed by atoms with Crippen LogP contribution in [-0.4, -0.2) is 19.5 Å². The van der Waals surface area contributed by atoms with Crippen LogP contribution in [0.15, 0.2) is 42.5 Å². The Bertz CT molecular complexity index is 779. The van der Waals surface area contributed by atoms with Crippen molar-refractivity contribution in [1.29, 1.82) is 0 Å². The number of hydrogen-bond donors (Lipinski definition) is 0. The van der Waals surface area contributed by atoms with E-state index in [4.69, 9.17) is 0 Å². The average Bonchev–Trinajstić information content (AvgIpc) is 2.84. The monoisotopic (exact) mass is 254 g/mol. The van der Waals surface area contributed by atoms with Gasteiger partial charge in [-0.2, -0.15) is 0 Å². The number of hydrogen-bond acceptors (Lipinski definition) is 4. The molecule has 0 saturated carbocycles. The maximum atomic E-state index is 11.0. The van der Waals surface area contributed by atoms with Gasteiger partial charge < -0.3 is 0 Å². The Balaban J connectivity index is 2.25. The summed E-state index contributed by atoms with van der Waals surface area (Å²) >= 11 is 0. The van der Waals surface area contributed by atoms with E-state index in [1.807, 2.05) is 25.1 Å². The van der Waals surface area contributed by atoms with E-state index in [1.165, 1.54) is 6.07 Å². The quantitative estimate of drug-likeness (QED) is 0.520. The van der Waals surface area contributed by atoms with Crippen molar-refractivity contribution in [2.45, 2.75) is 6.92 Å². The number of para-hydroxylation sites is 1. The lowest BCUT2D eigenvalue weighted by Crippen LogP contribution is -1.94. The molecule has 6 heteroatoms. The van der Waals surface area contributed by atoms with E-state index in [0.29, 0.717) is 17.0 Å². The fourth-order valence-corrected chi connectivity index (χ4v) is 1.97. The molecule has 0 aliphatic carbocycles. The van der Waals surface area contributed by atoms with Crippen molar-refractivity contribution in [2.24, 2.45) is 0 Å². The lowest BCUT2D eigenvalue weighted by molar-refractivity contribution is -0.384. The Morgan fingerprint density at radius 1 is 1.16 bits per heavy atom. The topological polar surface area (TPSA) is 73.3 Å². The predicted molar refractivity (Wildman–Crippen MR) is 69.8 cm³/mol. The summed E-state index contributed by atoms with van der Waals surface area (Å²) in [5.74, 6) is 0.363. The molecule has 2 aromatic heterocycles. The molecule has 0 unspecified atom stereocenters. The summed E-state index contributed by atoms with van der Waals surface area (Å²) in [4.78, 5) is 14.9. The maximum absolute atomic E-state index is 11.0. The molecule has 0 saturated heterocycles. The molecule has 1 aromatic carbocycles. The number of fused-ring (bicyclic) bond motifs is 1. The maximum Gasteiger partial charge on any atom is 0.280 e. The van der Waals surface area contributed by atoms with Crippen molar-refractivity contribution in [3.8, 4) is 11.4 Å². The summed E-state index contributed by atoms with van der Waals surface area (Å²) in [6.07, 6.45) is 0. The Morgan fingerprint density at radius 2 is 1.95 bits per heavy atom. The van der Waals surface area contributed by atoms with Crippen molar-refractivity contribution in [2.75, 3.05) is 0 Å². The van der Waals surface area contributed by atoms with Crippen molar-refractivity contribution in [3.63, 3.8) is 0 Å². The first-order chi connectivity index (χ1) is 9.16. The third-order valence-corrected chi connectivity index (χ3v) is 2.89. The second kappa shape index (κ2) is 4.16. The van der Waals surface area contributed by atoms with Gasteiger partial charge in [0.2, 0.25) is 0 Å². The molecule has 0 N–H and O–H groups in total. The molecule has 19 heavy (non-hydrogen) atoms. The molecule has 0 aliphatic rings. The Hall–Kier alpha value is -2.76. The first-order valence-corrected chi connectivity index (χ1v) is 5.73. The van der Waals surface area contributed by atoms with E-state index >= 15 is 0 Å². The molecule has 0 fully saturated rings. The van der Waals surface area contributed by atoms with E-state index in [2.05, 4.69) is 10.1 Å². The van der Waals surface area contributed by atoms with Crippen LogP contribution >= 0.6 is 0 Å². The van der Waals surface area contributed by atoms with Crippen LogP contribution in [0.25, 0.3) is 17.0 Å². The normalized spacial score (nSPS) is 10.8. The highest BCUT2D eigenvalue weighted by atomic mass is 16.6. The Morgan fingerprint density at radius 3 is 2.68 bits per heavy atom. The molecule has 3 rings (SSSR count). The summed E-state index contributed by atoms with van der Waals surface area (Å²) in [7, 11) is 0. The molecule has 0 aliphatic heterocycles. The van der Waals surface area contributed by atoms with Gasteiger partial charge >= 0.3 is 0 Å². The number of pyridine rings is 1. The minimum atomic E-state index is -0.423. The zero-order valence-electron chi connectivity index (χ0n) is 10.1. The highest BCUT2D eigenvalue weighted by Gasteiger charge is 2.18. The van der Waals surface area contributed by atoms with Gasteiger partial charge in [-0.15, -0.1) is 5.10 Å². The average molecular weight is 254 g/mol. The molecule has 0 atom stereocenters. The minimum Gasteiger partial charge on any atom is -0.258 e. The van der Waals surface area contributed by atoms with Crippen LogP contribution in [0, 0.1) is 17.0 Å². The van der Waals surface area contributed by atoms with Gasteiger partial charge in [-0.05, 0) is 25.1 Å². The molecule has 3 aromatic rings. The third-order valence-electron chi connectivity index (χ3n) is 2.89. The Kier molecular flexibility index (Phi) is 2.49. The van der Waals surface area contributed by atoms with E-state index in [0.717, 1.165) is 5.69 Å². The summed E-state index contributed by atoms with van der Waals surface area (Å²) in [6.45, 7) is 1.91. The summed E-state index contributed by atoms with van der Waals surface area (Å²) in [5, 5.41) is 15.3. The van der Waals surface area contributed by atoms with E-state index in [1.54, 1.807) is 22.7 Å². The summed E-state index contributed by atoms with van der Waals surface area (Å²) in [6, 6.07) is 12.1. The van der Waals surface area contributed by atoms with Crippen molar-refractivity contribution >= 4 is 11.3 Å². The first-order valence-electron chi connectivity index (χ1n) is 5.73. The molecule has 2 heterocycles. The van der Waals surface area contributed by atoms with Gasteiger partial charge in [-0.25, -0.2) is 9.50 Å². The van der Waals surface area contributed by atoms with Crippen LogP contribution in [0.2, 0.25) is 0 Å². The van der Waals surface area contributed by atoms with Crippen LogP contribution in [0.1, 0.15) is 5.69 Å². The van der Waals surface area contributed by atoms with Gasteiger partial charge in [0.25, 0.3) is 5.69 Å². The fraction of sp³-hybridized carbons (Fsp3) is 0.0769. The number of nitrogens with zero attached hydrogens (tertiary/aromatic N) is 4. The number of aryl methyl sites for hydroxylation is 1. The molecule has 0 spiro atoms. The van der Waals surface area contributed by atoms with Gasteiger partial charge in [0.1, 0.15) is 0 Å². The largest absolute Gasteiger partial charge is 0.280 e. The van der Waals surface area contributed by atoms with Crippen LogP contribution in [-0.2, 0) is 0 Å². The van der Waals surface area contributed by atoms with Crippen LogP contribution in [0.3, 0.4) is 0 Å². The number of nitro benzene ring substituents is 1. The van der Waals surface area contributed by atoms with Gasteiger partial charge in [0.05, 0.1) is 10.5 Å². The molecular weight excluding hydrogens is 244 g/mol. The minimum absolute atomic E-state index is 0.0102. The zero-order valence-corrected chi connectivity index (χ0v) is 10.1. The van der Waals surface area contributed by atoms with Crippen LogP contribution in [0.4, 0.5) is 5.69 Å². The SMILES string of the molecule is Cc1cccc2nc(-c3ccccc3[N+](=O)[O-])nn12. The standard InChI is InChI=1S/C13H10N4O2/c1-9-5-4-8-12-14-13(15-16(9)12)10-6-2-3-7-11(10)17(18)19/h2-8H,1H3. The second-order valence-corrected chi connectivity index (χ2v) is 4.15. The molecule has 6 nitrogen and oxygen atoms in total. The van der Waals surface area contributed by atoms with Crippen LogP contribution in [0.5, 0.6) is 0 Å². The summed E-state index contributed by atoms with van der Waals surface area (Å²) in [5.41, 5.74) is 2.04. The molecule has 0 bridgehead atoms. The van der Waals surface area contributed by atoms with Crippen LogP contribution < -0.4 is 0 Å². The Labute approximate surface area is 108 Å². The smallest absolute Gasteiger partial charge is 0.258 e. The number of rotatable bonds is 2. The van der Waals surface area contributed by atoms with Crippen molar-refractivity contribution in [3.05, 3.63) is 58.3 Å². The van der Waals surface area contributed by atoms with Crippen molar-refractivity contribution in [1.82, 2.24) is 14.6 Å². The zero-order chi connectivity index (χ0) is 13.4.